The first kappa shape index (κ1) is 16.6. The minimum atomic E-state index is -0.306. The highest BCUT2D eigenvalue weighted by Crippen LogP contribution is 2.25. The van der Waals surface area contributed by atoms with Crippen LogP contribution in [0.15, 0.2) is 18.2 Å². The normalized spacial score (nSPS) is 23.0. The minimum absolute atomic E-state index is 0.253. The smallest absolute Gasteiger partial charge is 0.338 e. The van der Waals surface area contributed by atoms with Gasteiger partial charge in [0.2, 0.25) is 0 Å². The third-order valence-electron chi connectivity index (χ3n) is 4.14. The Hall–Kier alpha value is -0.770. The number of methoxy groups -OCH3 is 1. The second-order valence-corrected chi connectivity index (χ2v) is 6.65. The molecule has 2 rings (SSSR count). The first-order chi connectivity index (χ1) is 10.0. The van der Waals surface area contributed by atoms with Crippen LogP contribution < -0.4 is 0 Å². The van der Waals surface area contributed by atoms with Crippen LogP contribution in [-0.2, 0) is 11.2 Å². The Morgan fingerprint density at radius 3 is 2.86 bits per heavy atom. The van der Waals surface area contributed by atoms with Gasteiger partial charge in [-0.1, -0.05) is 11.6 Å². The van der Waals surface area contributed by atoms with Crippen molar-refractivity contribution in [2.45, 2.75) is 37.1 Å². The molecule has 116 valence electrons. The van der Waals surface area contributed by atoms with Crippen LogP contribution in [0.2, 0.25) is 5.02 Å². The summed E-state index contributed by atoms with van der Waals surface area (Å²) < 4.78 is 4.83. The lowest BCUT2D eigenvalue weighted by atomic mass is 9.94. The number of aryl methyl sites for hydroxylation is 1. The number of benzene rings is 1. The molecule has 21 heavy (non-hydrogen) atoms. The highest BCUT2D eigenvalue weighted by molar-refractivity contribution is 6.30. The number of carbonyl (C=O) groups is 1. The van der Waals surface area contributed by atoms with E-state index in [2.05, 4.69) is 11.9 Å². The van der Waals surface area contributed by atoms with Crippen molar-refractivity contribution in [1.29, 1.82) is 0 Å². The number of esters is 1. The van der Waals surface area contributed by atoms with Crippen LogP contribution in [0, 0.1) is 0 Å². The summed E-state index contributed by atoms with van der Waals surface area (Å²) in [6.07, 6.45) is 3.95. The zero-order valence-electron chi connectivity index (χ0n) is 12.4. The molecule has 0 bridgehead atoms. The number of hydrogen-bond donors (Lipinski definition) is 0. The molecule has 1 aliphatic heterocycles. The van der Waals surface area contributed by atoms with E-state index in [0.29, 0.717) is 16.6 Å². The number of hydrogen-bond acceptors (Lipinski definition) is 3. The molecule has 1 aromatic rings. The van der Waals surface area contributed by atoms with Crippen LogP contribution in [0.4, 0.5) is 0 Å². The van der Waals surface area contributed by atoms with Crippen LogP contribution in [0.5, 0.6) is 0 Å². The van der Waals surface area contributed by atoms with Gasteiger partial charge in [0.15, 0.2) is 0 Å². The van der Waals surface area contributed by atoms with E-state index < -0.39 is 0 Å². The fourth-order valence-electron chi connectivity index (χ4n) is 2.91. The number of ether oxygens (including phenoxy) is 1. The molecular formula is C16H21Cl2NO2. The SMILES string of the molecule is COC(=O)c1ccc(Cl)cc1CCC1CCC(Cl)CN1C. The first-order valence-corrected chi connectivity index (χ1v) is 8.03. The quantitative estimate of drug-likeness (QED) is 0.622. The zero-order chi connectivity index (χ0) is 15.4. The van der Waals surface area contributed by atoms with Crippen LogP contribution in [-0.4, -0.2) is 43.0 Å². The summed E-state index contributed by atoms with van der Waals surface area (Å²) in [6, 6.07) is 5.83. The van der Waals surface area contributed by atoms with Crippen molar-refractivity contribution in [3.8, 4) is 0 Å². The largest absolute Gasteiger partial charge is 0.465 e. The Bertz CT molecular complexity index is 507. The van der Waals surface area contributed by atoms with E-state index in [9.17, 15) is 4.79 Å². The third kappa shape index (κ3) is 4.35. The summed E-state index contributed by atoms with van der Waals surface area (Å²) >= 11 is 12.2. The van der Waals surface area contributed by atoms with Crippen molar-refractivity contribution in [2.75, 3.05) is 20.7 Å². The van der Waals surface area contributed by atoms with E-state index in [1.54, 1.807) is 12.1 Å². The fraction of sp³-hybridized carbons (Fsp3) is 0.562. The molecule has 1 heterocycles. The molecule has 0 aliphatic carbocycles. The van der Waals surface area contributed by atoms with Gasteiger partial charge in [0.25, 0.3) is 0 Å². The van der Waals surface area contributed by atoms with E-state index in [1.165, 1.54) is 7.11 Å². The highest BCUT2D eigenvalue weighted by atomic mass is 35.5. The van der Waals surface area contributed by atoms with Crippen LogP contribution in [0.1, 0.15) is 35.2 Å². The fourth-order valence-corrected chi connectivity index (χ4v) is 3.45. The number of piperidine rings is 1. The summed E-state index contributed by atoms with van der Waals surface area (Å²) in [5.74, 6) is -0.306. The standard InChI is InChI=1S/C16H21Cl2NO2/c1-19-10-13(18)4-7-14(19)6-3-11-9-12(17)5-8-15(11)16(20)21-2/h5,8-9,13-14H,3-4,6-7,10H2,1-2H3. The van der Waals surface area contributed by atoms with Crippen molar-refractivity contribution in [3.63, 3.8) is 0 Å². The average molecular weight is 330 g/mol. The Morgan fingerprint density at radius 2 is 2.19 bits per heavy atom. The molecule has 2 atom stereocenters. The summed E-state index contributed by atoms with van der Waals surface area (Å²) in [5, 5.41) is 0.901. The van der Waals surface area contributed by atoms with Gasteiger partial charge in [0.05, 0.1) is 12.7 Å². The number of nitrogens with zero attached hydrogens (tertiary/aromatic N) is 1. The maximum Gasteiger partial charge on any atom is 0.338 e. The Kier molecular flexibility index (Phi) is 5.91. The molecule has 1 saturated heterocycles. The average Bonchev–Trinajstić information content (AvgIpc) is 2.45. The molecule has 2 unspecified atom stereocenters. The van der Waals surface area contributed by atoms with Crippen molar-refractivity contribution in [3.05, 3.63) is 34.3 Å². The first-order valence-electron chi connectivity index (χ1n) is 7.22. The molecular weight excluding hydrogens is 309 g/mol. The molecule has 3 nitrogen and oxygen atoms in total. The highest BCUT2D eigenvalue weighted by Gasteiger charge is 2.24. The molecule has 0 amide bonds. The van der Waals surface area contributed by atoms with Crippen molar-refractivity contribution >= 4 is 29.2 Å². The molecule has 1 aromatic carbocycles. The van der Waals surface area contributed by atoms with Crippen molar-refractivity contribution < 1.29 is 9.53 Å². The Labute approximate surface area is 136 Å². The molecule has 0 spiro atoms. The van der Waals surface area contributed by atoms with Gasteiger partial charge < -0.3 is 9.64 Å². The number of rotatable bonds is 4. The monoisotopic (exact) mass is 329 g/mol. The summed E-state index contributed by atoms with van der Waals surface area (Å²) in [4.78, 5) is 14.1. The number of halogens is 2. The maximum absolute atomic E-state index is 11.8. The molecule has 0 N–H and O–H groups in total. The van der Waals surface area contributed by atoms with Crippen LogP contribution >= 0.6 is 23.2 Å². The number of carbonyl (C=O) groups excluding carboxylic acids is 1. The van der Waals surface area contributed by atoms with Gasteiger partial charge in [-0.2, -0.15) is 0 Å². The summed E-state index contributed by atoms with van der Waals surface area (Å²) in [7, 11) is 3.51. The Morgan fingerprint density at radius 1 is 1.43 bits per heavy atom. The summed E-state index contributed by atoms with van der Waals surface area (Å²) in [5.41, 5.74) is 1.56. The van der Waals surface area contributed by atoms with E-state index in [4.69, 9.17) is 27.9 Å². The van der Waals surface area contributed by atoms with E-state index in [1.807, 2.05) is 6.07 Å². The minimum Gasteiger partial charge on any atom is -0.465 e. The second-order valence-electron chi connectivity index (χ2n) is 5.60. The van der Waals surface area contributed by atoms with Gasteiger partial charge in [0.1, 0.15) is 0 Å². The molecule has 1 aliphatic rings. The van der Waals surface area contributed by atoms with Gasteiger partial charge in [0, 0.05) is 23.0 Å². The topological polar surface area (TPSA) is 29.5 Å². The molecule has 1 fully saturated rings. The molecule has 0 aromatic heterocycles. The number of likely N-dealkylation sites (tertiary alicyclic amines) is 1. The van der Waals surface area contributed by atoms with Crippen molar-refractivity contribution in [1.82, 2.24) is 4.90 Å². The van der Waals surface area contributed by atoms with Crippen LogP contribution in [0.25, 0.3) is 0 Å². The van der Waals surface area contributed by atoms with E-state index >= 15 is 0 Å². The lowest BCUT2D eigenvalue weighted by Crippen LogP contribution is -2.41. The van der Waals surface area contributed by atoms with E-state index in [-0.39, 0.29) is 11.3 Å². The predicted molar refractivity (Wildman–Crippen MR) is 86.4 cm³/mol. The molecule has 0 saturated carbocycles. The van der Waals surface area contributed by atoms with Gasteiger partial charge >= 0.3 is 5.97 Å². The molecule has 0 radical (unpaired) electrons. The lowest BCUT2D eigenvalue weighted by Gasteiger charge is -2.35. The van der Waals surface area contributed by atoms with Crippen molar-refractivity contribution in [2.24, 2.45) is 0 Å². The molecule has 5 heteroatoms. The van der Waals surface area contributed by atoms with Gasteiger partial charge in [-0.15, -0.1) is 11.6 Å². The lowest BCUT2D eigenvalue weighted by molar-refractivity contribution is 0.0599. The van der Waals surface area contributed by atoms with Gasteiger partial charge in [-0.05, 0) is 56.5 Å². The van der Waals surface area contributed by atoms with E-state index in [0.717, 1.165) is 37.8 Å². The van der Waals surface area contributed by atoms with Gasteiger partial charge in [-0.25, -0.2) is 4.79 Å². The number of alkyl halides is 1. The zero-order valence-corrected chi connectivity index (χ0v) is 14.0. The van der Waals surface area contributed by atoms with Gasteiger partial charge in [-0.3, -0.25) is 0 Å². The maximum atomic E-state index is 11.8. The predicted octanol–water partition coefficient (Wildman–Crippen LogP) is 3.76. The summed E-state index contributed by atoms with van der Waals surface area (Å²) in [6.45, 7) is 0.922. The third-order valence-corrected chi connectivity index (χ3v) is 4.73. The second kappa shape index (κ2) is 7.48. The Balaban J connectivity index is 2.05. The van der Waals surface area contributed by atoms with Crippen LogP contribution in [0.3, 0.4) is 0 Å².